The molecule has 1 aliphatic heterocycles. The van der Waals surface area contributed by atoms with Crippen LogP contribution < -0.4 is 11.5 Å². The van der Waals surface area contributed by atoms with Crippen LogP contribution in [0.5, 0.6) is 0 Å². The molecule has 7 nitrogen and oxygen atoms in total. The molecule has 1 fully saturated rings. The van der Waals surface area contributed by atoms with Crippen molar-refractivity contribution in [3.05, 3.63) is 83.4 Å². The van der Waals surface area contributed by atoms with Crippen LogP contribution in [0.4, 0.5) is 8.78 Å². The molecule has 4 atom stereocenters. The number of hydrogen-bond acceptors (Lipinski definition) is 5. The Morgan fingerprint density at radius 3 is 2.33 bits per heavy atom. The molecule has 9 heteroatoms. The maximum Gasteiger partial charge on any atom is 0.240 e. The zero-order valence-corrected chi connectivity index (χ0v) is 22.1. The van der Waals surface area contributed by atoms with Crippen molar-refractivity contribution in [2.24, 2.45) is 11.5 Å². The third-order valence-corrected chi connectivity index (χ3v) is 7.46. The molecule has 1 aliphatic rings. The van der Waals surface area contributed by atoms with E-state index in [0.29, 0.717) is 19.3 Å². The van der Waals surface area contributed by atoms with Crippen molar-refractivity contribution in [2.75, 3.05) is 19.7 Å². The van der Waals surface area contributed by atoms with Crippen molar-refractivity contribution in [1.29, 1.82) is 0 Å². The van der Waals surface area contributed by atoms with E-state index in [9.17, 15) is 23.5 Å². The molecule has 1 saturated heterocycles. The van der Waals surface area contributed by atoms with Crippen LogP contribution in [0.15, 0.2) is 60.7 Å². The highest BCUT2D eigenvalue weighted by atomic mass is 19.1. The molecular formula is C30H36F2N4O3. The van der Waals surface area contributed by atoms with E-state index in [4.69, 9.17) is 11.5 Å². The molecule has 0 aromatic heterocycles. The number of amides is 2. The number of fused-ring (bicyclic) bond motifs is 1. The van der Waals surface area contributed by atoms with E-state index in [2.05, 4.69) is 0 Å². The number of nitrogens with two attached hydrogens (primary N) is 2. The van der Waals surface area contributed by atoms with Crippen LogP contribution in [0.1, 0.15) is 30.9 Å². The average molecular weight is 539 g/mol. The largest absolute Gasteiger partial charge is 0.396 e. The number of piperazine rings is 1. The second-order valence-electron chi connectivity index (χ2n) is 10.4. The maximum atomic E-state index is 14.2. The molecule has 3 aromatic carbocycles. The summed E-state index contributed by atoms with van der Waals surface area (Å²) in [4.78, 5) is 30.2. The van der Waals surface area contributed by atoms with E-state index >= 15 is 0 Å². The summed E-state index contributed by atoms with van der Waals surface area (Å²) in [5.74, 6) is -2.02. The minimum atomic E-state index is -1.04. The first-order valence-electron chi connectivity index (χ1n) is 13.3. The molecule has 0 bridgehead atoms. The molecule has 39 heavy (non-hydrogen) atoms. The third kappa shape index (κ3) is 6.79. The number of hydrogen-bond donors (Lipinski definition) is 3. The number of benzene rings is 3. The lowest BCUT2D eigenvalue weighted by Crippen LogP contribution is -2.64. The highest BCUT2D eigenvalue weighted by molar-refractivity contribution is 5.86. The second-order valence-corrected chi connectivity index (χ2v) is 10.4. The van der Waals surface area contributed by atoms with Crippen LogP contribution in [0.2, 0.25) is 0 Å². The van der Waals surface area contributed by atoms with E-state index in [1.165, 1.54) is 6.07 Å². The van der Waals surface area contributed by atoms with Gasteiger partial charge in [0.05, 0.1) is 12.1 Å². The first-order valence-corrected chi connectivity index (χ1v) is 13.3. The smallest absolute Gasteiger partial charge is 0.240 e. The number of carbonyl (C=O) groups excluding carboxylic acids is 2. The minimum absolute atomic E-state index is 0.0592. The minimum Gasteiger partial charge on any atom is -0.396 e. The summed E-state index contributed by atoms with van der Waals surface area (Å²) in [6, 6.07) is 14.7. The van der Waals surface area contributed by atoms with E-state index in [1.807, 2.05) is 49.4 Å². The lowest BCUT2D eigenvalue weighted by Gasteiger charge is -2.46. The normalized spacial score (nSPS) is 19.2. The molecule has 0 radical (unpaired) electrons. The lowest BCUT2D eigenvalue weighted by molar-refractivity contribution is -0.148. The molecule has 0 unspecified atom stereocenters. The number of aliphatic hydroxyl groups is 1. The summed E-state index contributed by atoms with van der Waals surface area (Å²) in [6.07, 6.45) is 1.21. The number of nitrogens with zero attached hydrogens (tertiary/aromatic N) is 2. The molecule has 0 spiro atoms. The van der Waals surface area contributed by atoms with Gasteiger partial charge in [-0.1, -0.05) is 48.5 Å². The highest BCUT2D eigenvalue weighted by Crippen LogP contribution is 2.23. The van der Waals surface area contributed by atoms with Gasteiger partial charge in [-0.2, -0.15) is 0 Å². The van der Waals surface area contributed by atoms with Gasteiger partial charge in [0.1, 0.15) is 11.6 Å². The van der Waals surface area contributed by atoms with E-state index < -0.39 is 23.7 Å². The molecule has 4 rings (SSSR count). The molecule has 5 N–H and O–H groups in total. The fourth-order valence-corrected chi connectivity index (χ4v) is 5.33. The Balaban J connectivity index is 1.45. The summed E-state index contributed by atoms with van der Waals surface area (Å²) in [5.41, 5.74) is 13.7. The summed E-state index contributed by atoms with van der Waals surface area (Å²) in [5, 5.41) is 11.6. The quantitative estimate of drug-likeness (QED) is 0.388. The van der Waals surface area contributed by atoms with Crippen molar-refractivity contribution in [2.45, 2.75) is 56.8 Å². The third-order valence-electron chi connectivity index (χ3n) is 7.46. The van der Waals surface area contributed by atoms with Crippen molar-refractivity contribution in [3.63, 3.8) is 0 Å². The molecule has 208 valence electrons. The van der Waals surface area contributed by atoms with E-state index in [0.717, 1.165) is 28.5 Å². The SMILES string of the molecule is C[C@@H]1CN(C(=O)[C@H](N)Cc2ccc(F)cc2F)[C@@H](CCCO)CN1C(=O)[C@H](N)Cc1ccc2ccccc2c1. The van der Waals surface area contributed by atoms with Gasteiger partial charge < -0.3 is 26.4 Å². The van der Waals surface area contributed by atoms with Crippen LogP contribution in [0.3, 0.4) is 0 Å². The first kappa shape index (κ1) is 28.6. The van der Waals surface area contributed by atoms with Crippen LogP contribution in [-0.4, -0.2) is 70.6 Å². The van der Waals surface area contributed by atoms with E-state index in [-0.39, 0.29) is 55.6 Å². The summed E-state index contributed by atoms with van der Waals surface area (Å²) in [7, 11) is 0. The molecule has 1 heterocycles. The van der Waals surface area contributed by atoms with Crippen LogP contribution >= 0.6 is 0 Å². The lowest BCUT2D eigenvalue weighted by atomic mass is 9.97. The average Bonchev–Trinajstić information content (AvgIpc) is 2.92. The fourth-order valence-electron chi connectivity index (χ4n) is 5.33. The zero-order valence-electron chi connectivity index (χ0n) is 22.1. The molecule has 0 aliphatic carbocycles. The van der Waals surface area contributed by atoms with Crippen LogP contribution in [-0.2, 0) is 22.4 Å². The Hall–Kier alpha value is -3.40. The van der Waals surface area contributed by atoms with Gasteiger partial charge in [0.15, 0.2) is 0 Å². The van der Waals surface area contributed by atoms with Gasteiger partial charge >= 0.3 is 0 Å². The Morgan fingerprint density at radius 2 is 1.62 bits per heavy atom. The second kappa shape index (κ2) is 12.6. The number of carbonyl (C=O) groups is 2. The predicted molar refractivity (Wildman–Crippen MR) is 147 cm³/mol. The topological polar surface area (TPSA) is 113 Å². The number of halogens is 2. The first-order chi connectivity index (χ1) is 18.7. The summed E-state index contributed by atoms with van der Waals surface area (Å²) in [6.45, 7) is 2.29. The standard InChI is InChI=1S/C30H36F2N4O3/c1-19-17-36(30(39)28(34)15-23-10-11-24(31)16-26(23)32)25(7-4-12-37)18-35(19)29(38)27(33)14-20-8-9-21-5-2-3-6-22(21)13-20/h2-3,5-6,8-11,13,16,19,25,27-28,37H,4,7,12,14-15,17-18,33-34H2,1H3/t19-,25+,27-,28-/m1/s1. The van der Waals surface area contributed by atoms with Crippen molar-refractivity contribution in [3.8, 4) is 0 Å². The van der Waals surface area contributed by atoms with Crippen molar-refractivity contribution >= 4 is 22.6 Å². The van der Waals surface area contributed by atoms with Gasteiger partial charge in [-0.3, -0.25) is 9.59 Å². The molecular weight excluding hydrogens is 502 g/mol. The Morgan fingerprint density at radius 1 is 0.923 bits per heavy atom. The number of rotatable bonds is 9. The van der Waals surface area contributed by atoms with Crippen LogP contribution in [0, 0.1) is 11.6 Å². The van der Waals surface area contributed by atoms with Gasteiger partial charge in [-0.25, -0.2) is 8.78 Å². The maximum absolute atomic E-state index is 14.2. The predicted octanol–water partition coefficient (Wildman–Crippen LogP) is 2.76. The van der Waals surface area contributed by atoms with Gasteiger partial charge in [-0.15, -0.1) is 0 Å². The monoisotopic (exact) mass is 538 g/mol. The molecule has 0 saturated carbocycles. The summed E-state index contributed by atoms with van der Waals surface area (Å²) < 4.78 is 27.4. The van der Waals surface area contributed by atoms with Crippen LogP contribution in [0.25, 0.3) is 10.8 Å². The van der Waals surface area contributed by atoms with Gasteiger partial charge in [0, 0.05) is 37.8 Å². The van der Waals surface area contributed by atoms with Gasteiger partial charge in [0.25, 0.3) is 0 Å². The van der Waals surface area contributed by atoms with E-state index in [1.54, 1.807) is 9.80 Å². The summed E-state index contributed by atoms with van der Waals surface area (Å²) >= 11 is 0. The fraction of sp³-hybridized carbons (Fsp3) is 0.400. The van der Waals surface area contributed by atoms with Gasteiger partial charge in [0.2, 0.25) is 11.8 Å². The van der Waals surface area contributed by atoms with Crippen molar-refractivity contribution < 1.29 is 23.5 Å². The molecule has 3 aromatic rings. The Bertz CT molecular complexity index is 1320. The molecule has 2 amide bonds. The number of aliphatic hydroxyl groups excluding tert-OH is 1. The Kier molecular flexibility index (Phi) is 9.27. The Labute approximate surface area is 227 Å². The van der Waals surface area contributed by atoms with Crippen molar-refractivity contribution in [1.82, 2.24) is 9.80 Å². The highest BCUT2D eigenvalue weighted by Gasteiger charge is 2.39. The zero-order chi connectivity index (χ0) is 28.1. The van der Waals surface area contributed by atoms with Gasteiger partial charge in [-0.05, 0) is 60.6 Å².